The Balaban J connectivity index is 1.82. The minimum Gasteiger partial charge on any atom is -0.330 e. The predicted molar refractivity (Wildman–Crippen MR) is 64.5 cm³/mol. The molecule has 0 aromatic carbocycles. The van der Waals surface area contributed by atoms with Gasteiger partial charge in [-0.3, -0.25) is 0 Å². The van der Waals surface area contributed by atoms with Crippen molar-refractivity contribution in [3.05, 3.63) is 0 Å². The average Bonchev–Trinajstić information content (AvgIpc) is 3.02. The summed E-state index contributed by atoms with van der Waals surface area (Å²) in [4.78, 5) is 0. The van der Waals surface area contributed by atoms with Gasteiger partial charge in [0, 0.05) is 13.1 Å². The zero-order valence-corrected chi connectivity index (χ0v) is 10.6. The molecule has 0 aromatic heterocycles. The Labute approximate surface area is 98.2 Å². The molecule has 0 aromatic rings. The maximum atomic E-state index is 12.0. The molecule has 1 saturated heterocycles. The van der Waals surface area contributed by atoms with Gasteiger partial charge in [-0.25, -0.2) is 12.7 Å². The summed E-state index contributed by atoms with van der Waals surface area (Å²) in [6.07, 6.45) is 5.21. The second-order valence-corrected chi connectivity index (χ2v) is 7.16. The number of sulfonamides is 1. The highest BCUT2D eigenvalue weighted by atomic mass is 32.2. The summed E-state index contributed by atoms with van der Waals surface area (Å²) in [6, 6.07) is 0. The standard InChI is InChI=1S/C11H22N2O2S/c12-6-3-10-4-7-13(8-5-10)16(14,15)9-11-1-2-11/h10-11H,1-9,12H2. The molecule has 5 heteroatoms. The van der Waals surface area contributed by atoms with Gasteiger partial charge in [-0.15, -0.1) is 0 Å². The van der Waals surface area contributed by atoms with Crippen LogP contribution < -0.4 is 5.73 Å². The molecular weight excluding hydrogens is 224 g/mol. The van der Waals surface area contributed by atoms with Crippen LogP contribution in [0.25, 0.3) is 0 Å². The van der Waals surface area contributed by atoms with Gasteiger partial charge in [0.2, 0.25) is 10.0 Å². The molecule has 1 aliphatic heterocycles. The van der Waals surface area contributed by atoms with Crippen LogP contribution >= 0.6 is 0 Å². The molecule has 1 saturated carbocycles. The molecule has 94 valence electrons. The number of nitrogens with two attached hydrogens (primary N) is 1. The fraction of sp³-hybridized carbons (Fsp3) is 1.00. The van der Waals surface area contributed by atoms with Crippen molar-refractivity contribution in [3.63, 3.8) is 0 Å². The van der Waals surface area contributed by atoms with Gasteiger partial charge in [-0.2, -0.15) is 0 Å². The van der Waals surface area contributed by atoms with E-state index in [0.29, 0.717) is 30.7 Å². The van der Waals surface area contributed by atoms with E-state index in [-0.39, 0.29) is 0 Å². The molecular formula is C11H22N2O2S. The van der Waals surface area contributed by atoms with Crippen LogP contribution in [0.2, 0.25) is 0 Å². The van der Waals surface area contributed by atoms with Gasteiger partial charge in [-0.05, 0) is 50.5 Å². The Hall–Kier alpha value is -0.130. The number of piperidine rings is 1. The maximum Gasteiger partial charge on any atom is 0.214 e. The molecule has 0 amide bonds. The van der Waals surface area contributed by atoms with Gasteiger partial charge >= 0.3 is 0 Å². The van der Waals surface area contributed by atoms with Crippen molar-refractivity contribution < 1.29 is 8.42 Å². The summed E-state index contributed by atoms with van der Waals surface area (Å²) in [5.74, 6) is 1.47. The van der Waals surface area contributed by atoms with Crippen LogP contribution in [0.3, 0.4) is 0 Å². The van der Waals surface area contributed by atoms with E-state index in [2.05, 4.69) is 0 Å². The Kier molecular flexibility index (Phi) is 3.87. The summed E-state index contributed by atoms with van der Waals surface area (Å²) >= 11 is 0. The largest absolute Gasteiger partial charge is 0.330 e. The summed E-state index contributed by atoms with van der Waals surface area (Å²) in [7, 11) is -2.96. The van der Waals surface area contributed by atoms with E-state index >= 15 is 0 Å². The zero-order valence-electron chi connectivity index (χ0n) is 9.77. The lowest BCUT2D eigenvalue weighted by molar-refractivity contribution is 0.265. The van der Waals surface area contributed by atoms with Crippen molar-refractivity contribution in [2.45, 2.75) is 32.1 Å². The summed E-state index contributed by atoms with van der Waals surface area (Å²) in [5.41, 5.74) is 5.52. The van der Waals surface area contributed by atoms with Crippen LogP contribution in [-0.2, 0) is 10.0 Å². The first kappa shape index (κ1) is 12.3. The lowest BCUT2D eigenvalue weighted by atomic mass is 9.95. The molecule has 16 heavy (non-hydrogen) atoms. The Morgan fingerprint density at radius 1 is 1.06 bits per heavy atom. The number of nitrogens with zero attached hydrogens (tertiary/aromatic N) is 1. The third kappa shape index (κ3) is 3.18. The highest BCUT2D eigenvalue weighted by molar-refractivity contribution is 7.89. The third-order valence-electron chi connectivity index (χ3n) is 3.69. The maximum absolute atomic E-state index is 12.0. The van der Waals surface area contributed by atoms with Gasteiger partial charge in [0.05, 0.1) is 5.75 Å². The van der Waals surface area contributed by atoms with Crippen LogP contribution in [0.5, 0.6) is 0 Å². The van der Waals surface area contributed by atoms with E-state index in [4.69, 9.17) is 5.73 Å². The zero-order chi connectivity index (χ0) is 11.6. The van der Waals surface area contributed by atoms with Gasteiger partial charge < -0.3 is 5.73 Å². The third-order valence-corrected chi connectivity index (χ3v) is 5.73. The molecule has 0 atom stereocenters. The van der Waals surface area contributed by atoms with Crippen molar-refractivity contribution in [2.24, 2.45) is 17.6 Å². The average molecular weight is 246 g/mol. The van der Waals surface area contributed by atoms with E-state index in [1.165, 1.54) is 0 Å². The molecule has 0 bridgehead atoms. The molecule has 1 heterocycles. The summed E-state index contributed by atoms with van der Waals surface area (Å²) in [6.45, 7) is 2.14. The second kappa shape index (κ2) is 5.02. The Morgan fingerprint density at radius 3 is 2.19 bits per heavy atom. The van der Waals surface area contributed by atoms with Crippen molar-refractivity contribution >= 4 is 10.0 Å². The number of hydrogen-bond acceptors (Lipinski definition) is 3. The van der Waals surface area contributed by atoms with Crippen molar-refractivity contribution in [1.29, 1.82) is 0 Å². The molecule has 4 nitrogen and oxygen atoms in total. The Morgan fingerprint density at radius 2 is 1.69 bits per heavy atom. The number of rotatable bonds is 5. The van der Waals surface area contributed by atoms with Crippen molar-refractivity contribution in [2.75, 3.05) is 25.4 Å². The fourth-order valence-corrected chi connectivity index (χ4v) is 4.31. The van der Waals surface area contributed by atoms with E-state index < -0.39 is 10.0 Å². The van der Waals surface area contributed by atoms with Gasteiger partial charge in [-0.1, -0.05) is 0 Å². The summed E-state index contributed by atoms with van der Waals surface area (Å²) in [5, 5.41) is 0. The highest BCUT2D eigenvalue weighted by Crippen LogP contribution is 2.32. The smallest absolute Gasteiger partial charge is 0.214 e. The van der Waals surface area contributed by atoms with Crippen molar-refractivity contribution in [3.8, 4) is 0 Å². The first-order valence-electron chi connectivity index (χ1n) is 6.29. The van der Waals surface area contributed by atoms with Crippen LogP contribution in [0.1, 0.15) is 32.1 Å². The SMILES string of the molecule is NCCC1CCN(S(=O)(=O)CC2CC2)CC1. The number of hydrogen-bond donors (Lipinski definition) is 1. The first-order valence-corrected chi connectivity index (χ1v) is 7.90. The van der Waals surface area contributed by atoms with Crippen LogP contribution in [-0.4, -0.2) is 38.1 Å². The van der Waals surface area contributed by atoms with E-state index in [1.54, 1.807) is 4.31 Å². The lowest BCUT2D eigenvalue weighted by Crippen LogP contribution is -2.40. The molecule has 0 spiro atoms. The molecule has 2 aliphatic rings. The molecule has 2 N–H and O–H groups in total. The first-order chi connectivity index (χ1) is 7.62. The van der Waals surface area contributed by atoms with Crippen LogP contribution in [0.4, 0.5) is 0 Å². The van der Waals surface area contributed by atoms with E-state index in [9.17, 15) is 8.42 Å². The van der Waals surface area contributed by atoms with E-state index in [1.807, 2.05) is 0 Å². The molecule has 0 unspecified atom stereocenters. The molecule has 0 radical (unpaired) electrons. The summed E-state index contributed by atoms with van der Waals surface area (Å²) < 4.78 is 25.7. The predicted octanol–water partition coefficient (Wildman–Crippen LogP) is 0.787. The van der Waals surface area contributed by atoms with Crippen LogP contribution in [0.15, 0.2) is 0 Å². The minimum absolute atomic E-state index is 0.383. The van der Waals surface area contributed by atoms with Gasteiger partial charge in [0.15, 0.2) is 0 Å². The highest BCUT2D eigenvalue weighted by Gasteiger charge is 2.33. The quantitative estimate of drug-likeness (QED) is 0.780. The second-order valence-electron chi connectivity index (χ2n) is 5.14. The lowest BCUT2D eigenvalue weighted by Gasteiger charge is -2.31. The molecule has 2 rings (SSSR count). The molecule has 1 aliphatic carbocycles. The van der Waals surface area contributed by atoms with E-state index in [0.717, 1.165) is 38.6 Å². The van der Waals surface area contributed by atoms with Crippen molar-refractivity contribution in [1.82, 2.24) is 4.31 Å². The van der Waals surface area contributed by atoms with Gasteiger partial charge in [0.25, 0.3) is 0 Å². The molecule has 2 fully saturated rings. The van der Waals surface area contributed by atoms with Gasteiger partial charge in [0.1, 0.15) is 0 Å². The van der Waals surface area contributed by atoms with Crippen LogP contribution in [0, 0.1) is 11.8 Å². The topological polar surface area (TPSA) is 63.4 Å². The Bertz CT molecular complexity index is 317. The minimum atomic E-state index is -2.96. The fourth-order valence-electron chi connectivity index (χ4n) is 2.40. The monoisotopic (exact) mass is 246 g/mol. The normalized spacial score (nSPS) is 24.8.